The zero-order valence-corrected chi connectivity index (χ0v) is 14.5. The smallest absolute Gasteiger partial charge is 0.289 e. The van der Waals surface area contributed by atoms with Gasteiger partial charge in [0, 0.05) is 18.7 Å². The molecule has 1 fully saturated rings. The number of carbonyl (C=O) groups is 1. The minimum Gasteiger partial charge on any atom is -0.459 e. The van der Waals surface area contributed by atoms with Crippen molar-refractivity contribution in [2.75, 3.05) is 19.9 Å². The Morgan fingerprint density at radius 1 is 1.15 bits per heavy atom. The van der Waals surface area contributed by atoms with E-state index in [-0.39, 0.29) is 18.6 Å². The van der Waals surface area contributed by atoms with Crippen LogP contribution in [0.4, 0.5) is 0 Å². The zero-order chi connectivity index (χ0) is 18.2. The lowest BCUT2D eigenvalue weighted by molar-refractivity contribution is 0.0666. The van der Waals surface area contributed by atoms with Crippen LogP contribution in [0.25, 0.3) is 11.5 Å². The summed E-state index contributed by atoms with van der Waals surface area (Å²) in [5, 5.41) is 8.39. The number of aromatic nitrogens is 2. The van der Waals surface area contributed by atoms with Gasteiger partial charge in [-0.25, -0.2) is 0 Å². The van der Waals surface area contributed by atoms with Crippen LogP contribution in [-0.2, 0) is 0 Å². The monoisotopic (exact) mass is 367 g/mol. The van der Waals surface area contributed by atoms with E-state index in [1.165, 1.54) is 6.26 Å². The molecule has 0 N–H and O–H groups in total. The van der Waals surface area contributed by atoms with Crippen molar-refractivity contribution in [2.24, 2.45) is 0 Å². The van der Waals surface area contributed by atoms with E-state index in [4.69, 9.17) is 18.3 Å². The number of piperidine rings is 1. The first-order valence-electron chi connectivity index (χ1n) is 8.84. The molecule has 8 nitrogen and oxygen atoms in total. The standard InChI is InChI=1S/C19H17N3O5/c23-19(15-4-2-8-24-15)22-7-1-3-13(10-22)18-21-20-17(27-18)12-5-6-14-16(9-12)26-11-25-14/h2,4-6,8-9,13H,1,3,7,10-11H2. The summed E-state index contributed by atoms with van der Waals surface area (Å²) >= 11 is 0. The lowest BCUT2D eigenvalue weighted by atomic mass is 9.98. The number of fused-ring (bicyclic) bond motifs is 1. The Bertz CT molecular complexity index is 966. The number of ether oxygens (including phenoxy) is 2. The average molecular weight is 367 g/mol. The van der Waals surface area contributed by atoms with E-state index < -0.39 is 0 Å². The number of likely N-dealkylation sites (tertiary alicyclic amines) is 1. The first-order valence-corrected chi connectivity index (χ1v) is 8.84. The molecule has 0 saturated carbocycles. The summed E-state index contributed by atoms with van der Waals surface area (Å²) in [4.78, 5) is 14.3. The first kappa shape index (κ1) is 15.9. The van der Waals surface area contributed by atoms with E-state index >= 15 is 0 Å². The summed E-state index contributed by atoms with van der Waals surface area (Å²) in [5.74, 6) is 2.59. The fourth-order valence-electron chi connectivity index (χ4n) is 3.47. The zero-order valence-electron chi connectivity index (χ0n) is 14.5. The number of hydrogen-bond acceptors (Lipinski definition) is 7. The van der Waals surface area contributed by atoms with E-state index in [2.05, 4.69) is 10.2 Å². The molecule has 2 aromatic heterocycles. The molecule has 1 aromatic carbocycles. The summed E-state index contributed by atoms with van der Waals surface area (Å²) in [6, 6.07) is 8.90. The van der Waals surface area contributed by atoms with Crippen LogP contribution in [0, 0.1) is 0 Å². The van der Waals surface area contributed by atoms with Crippen molar-refractivity contribution in [3.63, 3.8) is 0 Å². The molecule has 3 aromatic rings. The van der Waals surface area contributed by atoms with E-state index in [0.717, 1.165) is 18.4 Å². The second kappa shape index (κ2) is 6.46. The highest BCUT2D eigenvalue weighted by Gasteiger charge is 2.30. The molecule has 1 amide bonds. The molecule has 1 saturated heterocycles. The van der Waals surface area contributed by atoms with Gasteiger partial charge in [0.1, 0.15) is 0 Å². The Morgan fingerprint density at radius 2 is 2.07 bits per heavy atom. The second-order valence-electron chi connectivity index (χ2n) is 6.58. The summed E-state index contributed by atoms with van der Waals surface area (Å²) in [6.07, 6.45) is 3.27. The van der Waals surface area contributed by atoms with E-state index in [9.17, 15) is 4.79 Å². The SMILES string of the molecule is O=C(c1ccco1)N1CCCC(c2nnc(-c3ccc4c(c3)OCO4)o2)C1. The van der Waals surface area contributed by atoms with Gasteiger partial charge in [0.15, 0.2) is 17.3 Å². The van der Waals surface area contributed by atoms with Gasteiger partial charge in [-0.15, -0.1) is 10.2 Å². The normalized spacial score (nSPS) is 18.7. The highest BCUT2D eigenvalue weighted by atomic mass is 16.7. The maximum Gasteiger partial charge on any atom is 0.289 e. The van der Waals surface area contributed by atoms with E-state index in [1.54, 1.807) is 17.0 Å². The molecule has 0 radical (unpaired) electrons. The van der Waals surface area contributed by atoms with Gasteiger partial charge in [-0.05, 0) is 43.2 Å². The molecule has 0 aliphatic carbocycles. The summed E-state index contributed by atoms with van der Waals surface area (Å²) < 4.78 is 21.8. The quantitative estimate of drug-likeness (QED) is 0.702. The molecule has 138 valence electrons. The largest absolute Gasteiger partial charge is 0.459 e. The number of benzene rings is 1. The van der Waals surface area contributed by atoms with Crippen molar-refractivity contribution in [1.82, 2.24) is 15.1 Å². The summed E-state index contributed by atoms with van der Waals surface area (Å²) in [5.41, 5.74) is 0.775. The van der Waals surface area contributed by atoms with Crippen LogP contribution >= 0.6 is 0 Å². The molecule has 4 heterocycles. The Morgan fingerprint density at radius 3 is 2.96 bits per heavy atom. The van der Waals surface area contributed by atoms with Crippen molar-refractivity contribution in [1.29, 1.82) is 0 Å². The van der Waals surface area contributed by atoms with Crippen LogP contribution in [0.2, 0.25) is 0 Å². The van der Waals surface area contributed by atoms with Gasteiger partial charge in [-0.1, -0.05) is 0 Å². The topological polar surface area (TPSA) is 90.8 Å². The van der Waals surface area contributed by atoms with Gasteiger partial charge in [0.2, 0.25) is 18.6 Å². The van der Waals surface area contributed by atoms with Crippen molar-refractivity contribution in [3.05, 3.63) is 48.2 Å². The number of rotatable bonds is 3. The fraction of sp³-hybridized carbons (Fsp3) is 0.316. The molecule has 2 aliphatic heterocycles. The summed E-state index contributed by atoms with van der Waals surface area (Å²) in [7, 11) is 0. The highest BCUT2D eigenvalue weighted by Crippen LogP contribution is 2.36. The van der Waals surface area contributed by atoms with Crippen molar-refractivity contribution >= 4 is 5.91 Å². The van der Waals surface area contributed by atoms with Crippen LogP contribution in [0.1, 0.15) is 35.2 Å². The van der Waals surface area contributed by atoms with Crippen LogP contribution in [0.15, 0.2) is 45.4 Å². The lowest BCUT2D eigenvalue weighted by Gasteiger charge is -2.30. The van der Waals surface area contributed by atoms with E-state index in [0.29, 0.717) is 42.1 Å². The molecule has 27 heavy (non-hydrogen) atoms. The molecule has 5 rings (SSSR count). The highest BCUT2D eigenvalue weighted by molar-refractivity contribution is 5.91. The third-order valence-corrected chi connectivity index (χ3v) is 4.85. The van der Waals surface area contributed by atoms with Gasteiger partial charge >= 0.3 is 0 Å². The Hall–Kier alpha value is -3.29. The maximum absolute atomic E-state index is 12.5. The molecule has 0 bridgehead atoms. The van der Waals surface area contributed by atoms with Gasteiger partial charge in [0.25, 0.3) is 5.91 Å². The molecule has 1 atom stereocenters. The van der Waals surface area contributed by atoms with Gasteiger partial charge in [-0.3, -0.25) is 4.79 Å². The van der Waals surface area contributed by atoms with Crippen molar-refractivity contribution in [3.8, 4) is 23.0 Å². The lowest BCUT2D eigenvalue weighted by Crippen LogP contribution is -2.39. The summed E-state index contributed by atoms with van der Waals surface area (Å²) in [6.45, 7) is 1.44. The predicted octanol–water partition coefficient (Wildman–Crippen LogP) is 3.08. The maximum atomic E-state index is 12.5. The van der Waals surface area contributed by atoms with E-state index in [1.807, 2.05) is 18.2 Å². The van der Waals surface area contributed by atoms with Crippen LogP contribution in [0.3, 0.4) is 0 Å². The van der Waals surface area contributed by atoms with Gasteiger partial charge < -0.3 is 23.2 Å². The molecular formula is C19H17N3O5. The third-order valence-electron chi connectivity index (χ3n) is 4.85. The van der Waals surface area contributed by atoms with Crippen LogP contribution < -0.4 is 9.47 Å². The number of nitrogens with zero attached hydrogens (tertiary/aromatic N) is 3. The third kappa shape index (κ3) is 2.92. The number of carbonyl (C=O) groups excluding carboxylic acids is 1. The minimum atomic E-state index is -0.111. The molecule has 1 unspecified atom stereocenters. The van der Waals surface area contributed by atoms with Crippen molar-refractivity contribution < 1.29 is 23.1 Å². The Balaban J connectivity index is 1.34. The van der Waals surface area contributed by atoms with Crippen LogP contribution in [0.5, 0.6) is 11.5 Å². The fourth-order valence-corrected chi connectivity index (χ4v) is 3.47. The predicted molar refractivity (Wildman–Crippen MR) is 92.4 cm³/mol. The average Bonchev–Trinajstić information content (AvgIpc) is 3.48. The number of hydrogen-bond donors (Lipinski definition) is 0. The molecular weight excluding hydrogens is 350 g/mol. The second-order valence-corrected chi connectivity index (χ2v) is 6.58. The number of amides is 1. The number of furan rings is 1. The van der Waals surface area contributed by atoms with Gasteiger partial charge in [0.05, 0.1) is 12.2 Å². The Labute approximate surface area is 154 Å². The molecule has 2 aliphatic rings. The molecule has 8 heteroatoms. The Kier molecular flexibility index (Phi) is 3.81. The van der Waals surface area contributed by atoms with Gasteiger partial charge in [-0.2, -0.15) is 0 Å². The minimum absolute atomic E-state index is 0.00734. The first-order chi connectivity index (χ1) is 13.3. The van der Waals surface area contributed by atoms with Crippen molar-refractivity contribution in [2.45, 2.75) is 18.8 Å². The van der Waals surface area contributed by atoms with Crippen LogP contribution in [-0.4, -0.2) is 40.9 Å². The molecule has 0 spiro atoms.